The second-order valence-electron chi connectivity index (χ2n) is 5.36. The molecule has 2 aromatic rings. The summed E-state index contributed by atoms with van der Waals surface area (Å²) in [6, 6.07) is 10.5. The number of aryl methyl sites for hydroxylation is 1. The maximum absolute atomic E-state index is 12.1. The summed E-state index contributed by atoms with van der Waals surface area (Å²) < 4.78 is 5.15. The van der Waals surface area contributed by atoms with E-state index in [0.29, 0.717) is 17.7 Å². The Morgan fingerprint density at radius 2 is 2.20 bits per heavy atom. The number of thiophene rings is 1. The third-order valence-electron chi connectivity index (χ3n) is 3.42. The number of halogens is 1. The van der Waals surface area contributed by atoms with Gasteiger partial charge in [0.25, 0.3) is 5.91 Å². The summed E-state index contributed by atoms with van der Waals surface area (Å²) in [5, 5.41) is 13.7. The highest BCUT2D eigenvalue weighted by molar-refractivity contribution is 7.09. The number of esters is 1. The number of nitrogens with one attached hydrogen (secondary N) is 1. The summed E-state index contributed by atoms with van der Waals surface area (Å²) in [6.07, 6.45) is 0.845. The Bertz CT molecular complexity index is 784. The number of benzene rings is 1. The second kappa shape index (κ2) is 9.21. The van der Waals surface area contributed by atoms with Gasteiger partial charge < -0.3 is 10.1 Å². The molecule has 0 spiro atoms. The number of hydrogen-bond acceptors (Lipinski definition) is 5. The lowest BCUT2D eigenvalue weighted by Gasteiger charge is -2.13. The van der Waals surface area contributed by atoms with Gasteiger partial charge in [-0.3, -0.25) is 9.59 Å². The van der Waals surface area contributed by atoms with E-state index in [4.69, 9.17) is 21.6 Å². The summed E-state index contributed by atoms with van der Waals surface area (Å²) in [4.78, 5) is 25.1. The monoisotopic (exact) mass is 376 g/mol. The summed E-state index contributed by atoms with van der Waals surface area (Å²) in [7, 11) is 0. The Labute approximate surface area is 155 Å². The van der Waals surface area contributed by atoms with Gasteiger partial charge in [0.05, 0.1) is 10.6 Å². The van der Waals surface area contributed by atoms with E-state index in [0.717, 1.165) is 6.42 Å². The number of carbonyl (C=O) groups excluding carboxylic acids is 2. The summed E-state index contributed by atoms with van der Waals surface area (Å²) in [5.74, 6) is -0.857. The number of carbonyl (C=O) groups is 2. The maximum atomic E-state index is 12.1. The lowest BCUT2D eigenvalue weighted by Crippen LogP contribution is -2.29. The van der Waals surface area contributed by atoms with Crippen molar-refractivity contribution in [2.45, 2.75) is 32.3 Å². The first-order chi connectivity index (χ1) is 12.0. The zero-order chi connectivity index (χ0) is 18.2. The van der Waals surface area contributed by atoms with E-state index < -0.39 is 18.0 Å². The molecule has 1 aromatic carbocycles. The topological polar surface area (TPSA) is 79.2 Å². The van der Waals surface area contributed by atoms with Crippen LogP contribution in [0.15, 0.2) is 35.7 Å². The van der Waals surface area contributed by atoms with Crippen LogP contribution in [0.2, 0.25) is 5.02 Å². The molecule has 1 N–H and O–H groups in total. The minimum Gasteiger partial charge on any atom is -0.453 e. The van der Waals surface area contributed by atoms with E-state index in [1.54, 1.807) is 17.4 Å². The normalized spacial score (nSPS) is 11.4. The highest BCUT2D eigenvalue weighted by Gasteiger charge is 2.18. The molecule has 130 valence electrons. The molecule has 0 saturated heterocycles. The van der Waals surface area contributed by atoms with Crippen LogP contribution in [-0.4, -0.2) is 18.0 Å². The van der Waals surface area contributed by atoms with Gasteiger partial charge in [0.15, 0.2) is 6.10 Å². The minimum absolute atomic E-state index is 0.249. The van der Waals surface area contributed by atoms with Gasteiger partial charge >= 0.3 is 5.97 Å². The average molecular weight is 377 g/mol. The quantitative estimate of drug-likeness (QED) is 0.735. The molecule has 0 unspecified atom stereocenters. The first kappa shape index (κ1) is 19.0. The van der Waals surface area contributed by atoms with Gasteiger partial charge in [0, 0.05) is 17.0 Å². The zero-order valence-electron chi connectivity index (χ0n) is 13.6. The largest absolute Gasteiger partial charge is 0.453 e. The van der Waals surface area contributed by atoms with E-state index in [1.807, 2.05) is 23.6 Å². The number of hydrogen-bond donors (Lipinski definition) is 1. The molecule has 0 aliphatic rings. The number of nitrogens with zero attached hydrogens (tertiary/aromatic N) is 1. The van der Waals surface area contributed by atoms with Crippen molar-refractivity contribution >= 4 is 40.5 Å². The van der Waals surface area contributed by atoms with Gasteiger partial charge in [-0.05, 0) is 49.4 Å². The van der Waals surface area contributed by atoms with Crippen LogP contribution in [-0.2, 0) is 20.7 Å². The standard InChI is InChI=1S/C18H17ClN2O3S/c1-12(24-17(22)6-2-4-15-5-3-9-25-15)18(23)21-14-8-7-13(11-20)16(19)10-14/h3,5,7-10,12H,2,4,6H2,1H3,(H,21,23)/t12-/m1/s1. The second-order valence-corrected chi connectivity index (χ2v) is 6.80. The third kappa shape index (κ3) is 5.89. The van der Waals surface area contributed by atoms with Gasteiger partial charge in [-0.2, -0.15) is 5.26 Å². The highest BCUT2D eigenvalue weighted by atomic mass is 35.5. The lowest BCUT2D eigenvalue weighted by atomic mass is 10.2. The van der Waals surface area contributed by atoms with Crippen LogP contribution in [0.1, 0.15) is 30.2 Å². The Balaban J connectivity index is 1.78. The van der Waals surface area contributed by atoms with Gasteiger partial charge in [0.1, 0.15) is 6.07 Å². The zero-order valence-corrected chi connectivity index (χ0v) is 15.2. The van der Waals surface area contributed by atoms with Gasteiger partial charge in [0.2, 0.25) is 0 Å². The number of ether oxygens (including phenoxy) is 1. The molecule has 0 radical (unpaired) electrons. The highest BCUT2D eigenvalue weighted by Crippen LogP contribution is 2.20. The molecule has 0 bridgehead atoms. The fourth-order valence-corrected chi connectivity index (χ4v) is 3.07. The van der Waals surface area contributed by atoms with Crippen molar-refractivity contribution in [3.05, 3.63) is 51.2 Å². The van der Waals surface area contributed by atoms with Crippen LogP contribution in [0, 0.1) is 11.3 Å². The first-order valence-corrected chi connectivity index (χ1v) is 8.97. The van der Waals surface area contributed by atoms with Crippen LogP contribution in [0.4, 0.5) is 5.69 Å². The van der Waals surface area contributed by atoms with E-state index in [2.05, 4.69) is 5.32 Å². The van der Waals surface area contributed by atoms with Crippen molar-refractivity contribution in [3.63, 3.8) is 0 Å². The number of nitriles is 1. The average Bonchev–Trinajstić information content (AvgIpc) is 3.08. The fourth-order valence-electron chi connectivity index (χ4n) is 2.10. The lowest BCUT2D eigenvalue weighted by molar-refractivity contribution is -0.153. The molecule has 0 saturated carbocycles. The van der Waals surface area contributed by atoms with Crippen molar-refractivity contribution in [3.8, 4) is 6.07 Å². The summed E-state index contributed by atoms with van der Waals surface area (Å²) in [5.41, 5.74) is 0.763. The van der Waals surface area contributed by atoms with Crippen LogP contribution in [0.3, 0.4) is 0 Å². The summed E-state index contributed by atoms with van der Waals surface area (Å²) in [6.45, 7) is 1.51. The van der Waals surface area contributed by atoms with Crippen LogP contribution in [0.25, 0.3) is 0 Å². The molecular formula is C18H17ClN2O3S. The minimum atomic E-state index is -0.913. The maximum Gasteiger partial charge on any atom is 0.306 e. The van der Waals surface area contributed by atoms with Crippen molar-refractivity contribution in [1.29, 1.82) is 5.26 Å². The molecular weight excluding hydrogens is 360 g/mol. The van der Waals surface area contributed by atoms with Crippen LogP contribution >= 0.6 is 22.9 Å². The van der Waals surface area contributed by atoms with E-state index in [9.17, 15) is 9.59 Å². The molecule has 1 atom stereocenters. The Kier molecular flexibility index (Phi) is 6.99. The summed E-state index contributed by atoms with van der Waals surface area (Å²) >= 11 is 7.57. The predicted octanol–water partition coefficient (Wildman–Crippen LogP) is 4.17. The molecule has 0 fully saturated rings. The molecule has 0 aliphatic heterocycles. The van der Waals surface area contributed by atoms with Crippen molar-refractivity contribution in [1.82, 2.24) is 0 Å². The fraction of sp³-hybridized carbons (Fsp3) is 0.278. The molecule has 25 heavy (non-hydrogen) atoms. The molecule has 1 aromatic heterocycles. The van der Waals surface area contributed by atoms with Crippen molar-refractivity contribution < 1.29 is 14.3 Å². The number of amides is 1. The Morgan fingerprint density at radius 1 is 1.40 bits per heavy atom. The van der Waals surface area contributed by atoms with E-state index in [1.165, 1.54) is 23.9 Å². The van der Waals surface area contributed by atoms with Crippen LogP contribution in [0.5, 0.6) is 0 Å². The molecule has 7 heteroatoms. The predicted molar refractivity (Wildman–Crippen MR) is 97.6 cm³/mol. The van der Waals surface area contributed by atoms with Gasteiger partial charge in [-0.1, -0.05) is 17.7 Å². The molecule has 2 rings (SSSR count). The Morgan fingerprint density at radius 3 is 2.84 bits per heavy atom. The number of anilines is 1. The molecule has 0 aliphatic carbocycles. The van der Waals surface area contributed by atoms with E-state index in [-0.39, 0.29) is 11.4 Å². The molecule has 1 amide bonds. The van der Waals surface area contributed by atoms with Gasteiger partial charge in [-0.25, -0.2) is 0 Å². The Hall–Kier alpha value is -2.36. The van der Waals surface area contributed by atoms with Gasteiger partial charge in [-0.15, -0.1) is 11.3 Å². The van der Waals surface area contributed by atoms with Crippen molar-refractivity contribution in [2.75, 3.05) is 5.32 Å². The molecule has 5 nitrogen and oxygen atoms in total. The first-order valence-electron chi connectivity index (χ1n) is 7.72. The van der Waals surface area contributed by atoms with Crippen LogP contribution < -0.4 is 5.32 Å². The number of rotatable bonds is 7. The van der Waals surface area contributed by atoms with Crippen molar-refractivity contribution in [2.24, 2.45) is 0 Å². The molecule has 1 heterocycles. The van der Waals surface area contributed by atoms with E-state index >= 15 is 0 Å². The third-order valence-corrected chi connectivity index (χ3v) is 4.67. The smallest absolute Gasteiger partial charge is 0.306 e. The SMILES string of the molecule is C[C@@H](OC(=O)CCCc1cccs1)C(=O)Nc1ccc(C#N)c(Cl)c1.